The molecule has 1 aromatic heterocycles. The molecule has 3 heterocycles. The molecule has 1 saturated carbocycles. The first kappa shape index (κ1) is 29.5. The van der Waals surface area contributed by atoms with Gasteiger partial charge in [-0.2, -0.15) is 0 Å². The predicted molar refractivity (Wildman–Crippen MR) is 159 cm³/mol. The van der Waals surface area contributed by atoms with Gasteiger partial charge in [-0.05, 0) is 85.9 Å². The van der Waals surface area contributed by atoms with E-state index in [1.807, 2.05) is 55.9 Å². The fourth-order valence-electron chi connectivity index (χ4n) is 5.08. The lowest BCUT2D eigenvalue weighted by atomic mass is 9.84. The van der Waals surface area contributed by atoms with Gasteiger partial charge in [-0.15, -0.1) is 12.8 Å². The highest BCUT2D eigenvalue weighted by Gasteiger charge is 2.42. The number of aromatic nitrogens is 2. The Balaban J connectivity index is 0.000000207. The zero-order chi connectivity index (χ0) is 28.9. The number of halogens is 1. The van der Waals surface area contributed by atoms with Crippen LogP contribution in [0.3, 0.4) is 0 Å². The summed E-state index contributed by atoms with van der Waals surface area (Å²) in [5.41, 5.74) is 3.53. The van der Waals surface area contributed by atoms with Crippen molar-refractivity contribution in [3.8, 4) is 12.8 Å². The number of hydrogen-bond donors (Lipinski definition) is 3. The number of nitrogens with zero attached hydrogens (tertiary/aromatic N) is 3. The Labute approximate surface area is 241 Å². The molecule has 6 rings (SSSR count). The van der Waals surface area contributed by atoms with E-state index in [1.54, 1.807) is 17.4 Å². The van der Waals surface area contributed by atoms with E-state index in [0.29, 0.717) is 5.02 Å². The average Bonchev–Trinajstić information content (AvgIpc) is 3.56. The first-order valence-corrected chi connectivity index (χ1v) is 13.9. The Morgan fingerprint density at radius 1 is 1.27 bits per heavy atom. The van der Waals surface area contributed by atoms with Crippen LogP contribution in [0, 0.1) is 12.8 Å². The molecule has 9 heteroatoms. The van der Waals surface area contributed by atoms with Crippen LogP contribution in [-0.4, -0.2) is 63.5 Å². The Morgan fingerprint density at radius 3 is 2.65 bits per heavy atom. The minimum Gasteiger partial charge on any atom is -0.443 e. The van der Waals surface area contributed by atoms with Gasteiger partial charge in [0.15, 0.2) is 0 Å². The van der Waals surface area contributed by atoms with Gasteiger partial charge in [0, 0.05) is 38.2 Å². The minimum atomic E-state index is -1.19. The second-order valence-electron chi connectivity index (χ2n) is 10.8. The molecule has 0 radical (unpaired) electrons. The van der Waals surface area contributed by atoms with Crippen molar-refractivity contribution in [2.24, 2.45) is 7.05 Å². The molecule has 0 bridgehead atoms. The van der Waals surface area contributed by atoms with Crippen LogP contribution in [0.1, 0.15) is 43.5 Å². The van der Waals surface area contributed by atoms with Gasteiger partial charge in [-0.3, -0.25) is 0 Å². The molecule has 1 amide bonds. The minimum absolute atomic E-state index is 0.137. The molecule has 2 aliphatic heterocycles. The number of carbonyl (C=O) groups excluding carboxylic acids is 1. The van der Waals surface area contributed by atoms with E-state index in [1.165, 1.54) is 0 Å². The number of fused-ring (bicyclic) bond motifs is 2. The maximum atomic E-state index is 11.5. The number of amides is 1. The number of ether oxygens (including phenoxy) is 1. The number of hydrogen-bond acceptors (Lipinski definition) is 6. The molecule has 40 heavy (non-hydrogen) atoms. The number of aliphatic hydroxyl groups is 1. The lowest BCUT2D eigenvalue weighted by Crippen LogP contribution is -2.47. The highest BCUT2D eigenvalue weighted by Crippen LogP contribution is 2.42. The smallest absolute Gasteiger partial charge is 0.410 e. The van der Waals surface area contributed by atoms with E-state index in [0.717, 1.165) is 73.4 Å². The number of imidazole rings is 1. The molecule has 0 spiro atoms. The first-order chi connectivity index (χ1) is 19.2. The Bertz CT molecular complexity index is 1330. The van der Waals surface area contributed by atoms with Crippen LogP contribution in [-0.2, 0) is 23.8 Å². The van der Waals surface area contributed by atoms with Crippen molar-refractivity contribution in [1.29, 1.82) is 0 Å². The van der Waals surface area contributed by atoms with Crippen molar-refractivity contribution in [2.45, 2.75) is 50.4 Å². The van der Waals surface area contributed by atoms with Crippen LogP contribution in [0.25, 0.3) is 5.57 Å². The van der Waals surface area contributed by atoms with E-state index in [9.17, 15) is 9.90 Å². The molecule has 1 saturated heterocycles. The summed E-state index contributed by atoms with van der Waals surface area (Å²) in [5.74, 6) is 0. The quantitative estimate of drug-likeness (QED) is 0.486. The normalized spacial score (nSPS) is 21.6. The lowest BCUT2D eigenvalue weighted by Gasteiger charge is -2.28. The summed E-state index contributed by atoms with van der Waals surface area (Å²) < 4.78 is 7.20. The number of terminal acetylenes is 1. The van der Waals surface area contributed by atoms with Crippen molar-refractivity contribution in [3.05, 3.63) is 82.6 Å². The highest BCUT2D eigenvalue weighted by atomic mass is 35.5. The van der Waals surface area contributed by atoms with Gasteiger partial charge in [-0.25, -0.2) is 9.78 Å². The molecule has 2 atom stereocenters. The third kappa shape index (κ3) is 6.61. The molecule has 8 nitrogen and oxygen atoms in total. The van der Waals surface area contributed by atoms with Crippen LogP contribution in [0.4, 0.5) is 4.79 Å². The van der Waals surface area contributed by atoms with E-state index in [-0.39, 0.29) is 17.7 Å². The fraction of sp³-hybridized carbons (Fsp3) is 0.419. The van der Waals surface area contributed by atoms with E-state index < -0.39 is 5.60 Å². The summed E-state index contributed by atoms with van der Waals surface area (Å²) in [7, 11) is 1.89. The van der Waals surface area contributed by atoms with Gasteiger partial charge >= 0.3 is 6.09 Å². The number of dihydropyridines is 1. The third-order valence-corrected chi connectivity index (χ3v) is 7.92. The van der Waals surface area contributed by atoms with Crippen molar-refractivity contribution in [3.63, 3.8) is 0 Å². The Morgan fingerprint density at radius 2 is 2.00 bits per heavy atom. The van der Waals surface area contributed by atoms with Crippen LogP contribution < -0.4 is 10.6 Å². The summed E-state index contributed by atoms with van der Waals surface area (Å²) in [6, 6.07) is 6.08. The van der Waals surface area contributed by atoms with Crippen LogP contribution in [0.15, 0.2) is 60.7 Å². The molecule has 3 N–H and O–H groups in total. The average molecular weight is 564 g/mol. The molecular formula is C31H38ClN5O3. The summed E-state index contributed by atoms with van der Waals surface area (Å²) in [6.07, 6.45) is 22.3. The van der Waals surface area contributed by atoms with E-state index >= 15 is 0 Å². The molecule has 4 aliphatic rings. The number of piperazine rings is 1. The molecular weight excluding hydrogens is 526 g/mol. The van der Waals surface area contributed by atoms with E-state index in [2.05, 4.69) is 40.6 Å². The largest absolute Gasteiger partial charge is 0.443 e. The maximum absolute atomic E-state index is 11.5. The number of benzene rings is 1. The predicted octanol–water partition coefficient (Wildman–Crippen LogP) is 4.16. The van der Waals surface area contributed by atoms with Gasteiger partial charge in [-0.1, -0.05) is 23.7 Å². The van der Waals surface area contributed by atoms with Crippen LogP contribution in [0.5, 0.6) is 0 Å². The zero-order valence-corrected chi connectivity index (χ0v) is 24.1. The molecule has 2 fully saturated rings. The van der Waals surface area contributed by atoms with Crippen molar-refractivity contribution < 1.29 is 14.6 Å². The van der Waals surface area contributed by atoms with E-state index in [4.69, 9.17) is 16.3 Å². The molecule has 2 aromatic rings. The molecule has 2 aliphatic carbocycles. The number of rotatable bonds is 3. The van der Waals surface area contributed by atoms with Gasteiger partial charge in [0.25, 0.3) is 0 Å². The lowest BCUT2D eigenvalue weighted by molar-refractivity contribution is 0.0555. The number of nitrogens with one attached hydrogen (secondary N) is 2. The van der Waals surface area contributed by atoms with Gasteiger partial charge in [0.05, 0.1) is 24.3 Å². The Kier molecular flexibility index (Phi) is 9.09. The van der Waals surface area contributed by atoms with Crippen molar-refractivity contribution in [1.82, 2.24) is 25.1 Å². The van der Waals surface area contributed by atoms with Crippen LogP contribution in [0.2, 0.25) is 5.02 Å². The third-order valence-electron chi connectivity index (χ3n) is 7.68. The number of carbonyl (C=O) groups is 1. The summed E-state index contributed by atoms with van der Waals surface area (Å²) in [5, 5.41) is 18.8. The van der Waals surface area contributed by atoms with Crippen molar-refractivity contribution in [2.75, 3.05) is 26.2 Å². The maximum Gasteiger partial charge on any atom is 0.410 e. The summed E-state index contributed by atoms with van der Waals surface area (Å²) in [4.78, 5) is 17.5. The van der Waals surface area contributed by atoms with Crippen LogP contribution >= 0.6 is 11.6 Å². The second-order valence-corrected chi connectivity index (χ2v) is 11.3. The number of allylic oxidation sites excluding steroid dienone is 2. The first-order valence-electron chi connectivity index (χ1n) is 13.5. The second kappa shape index (κ2) is 12.3. The zero-order valence-electron chi connectivity index (χ0n) is 23.4. The summed E-state index contributed by atoms with van der Waals surface area (Å²) in [6.45, 7) is 7.11. The topological polar surface area (TPSA) is 91.7 Å². The Hall–Kier alpha value is -3.51. The number of aryl methyl sites for hydroxylation is 1. The molecule has 2 unspecified atom stereocenters. The summed E-state index contributed by atoms with van der Waals surface area (Å²) >= 11 is 6.29. The monoisotopic (exact) mass is 563 g/mol. The molecule has 1 aromatic carbocycles. The molecule has 212 valence electrons. The van der Waals surface area contributed by atoms with Gasteiger partial charge in [0.1, 0.15) is 11.2 Å². The standard InChI is InChI=1S/C20H20ClN3O.C9H16N2O2.C2H2/c1-20(25,19-11-22-12-24(19)2)17-8-14-4-3-7-23-18(14)9-13-5-6-15(21)10-16(13)17;1-9(2-3-9)13-8(12)11-6-4-10-5-7-11;1-2/h3-8,10-12,18,23,25H,9H2,1-2H3;10H,2-7H2,1H3;1-2H. The fourth-order valence-corrected chi connectivity index (χ4v) is 5.25. The SMILES string of the molecule is C#C.CC1(OC(=O)N2CCNCC2)CC1.Cn1cncc1C(C)(O)C1=CC2=CC=CNC2Cc2ccc(Cl)cc21. The van der Waals surface area contributed by atoms with Gasteiger partial charge in [0.2, 0.25) is 0 Å². The van der Waals surface area contributed by atoms with Gasteiger partial charge < -0.3 is 29.9 Å². The van der Waals surface area contributed by atoms with Crippen molar-refractivity contribution >= 4 is 23.3 Å². The highest BCUT2D eigenvalue weighted by molar-refractivity contribution is 6.30.